The molecule has 0 aliphatic rings. The Kier molecular flexibility index (Phi) is 9.55. The van der Waals surface area contributed by atoms with Gasteiger partial charge in [0.1, 0.15) is 17.7 Å². The van der Waals surface area contributed by atoms with E-state index >= 15 is 0 Å². The third-order valence-corrected chi connectivity index (χ3v) is 6.35. The van der Waals surface area contributed by atoms with Crippen LogP contribution in [0.5, 0.6) is 0 Å². The molecular formula is C24H31F2N3O4S. The van der Waals surface area contributed by atoms with Crippen LogP contribution in [0.25, 0.3) is 0 Å². The van der Waals surface area contributed by atoms with Gasteiger partial charge in [-0.3, -0.25) is 13.9 Å². The van der Waals surface area contributed by atoms with Gasteiger partial charge in [-0.25, -0.2) is 17.2 Å². The number of anilines is 1. The Bertz CT molecular complexity index is 1110. The SMILES string of the molecule is CC(C)NC(=O)[C@H](C)N(Cc1ccccc1F)C(=O)CCCN(c1ccccc1F)S(C)(=O)=O. The van der Waals surface area contributed by atoms with Crippen molar-refractivity contribution in [1.29, 1.82) is 0 Å². The van der Waals surface area contributed by atoms with Gasteiger partial charge in [-0.2, -0.15) is 0 Å². The van der Waals surface area contributed by atoms with Crippen molar-refractivity contribution in [2.75, 3.05) is 17.1 Å². The van der Waals surface area contributed by atoms with Crippen LogP contribution in [0, 0.1) is 11.6 Å². The molecule has 0 spiro atoms. The normalized spacial score (nSPS) is 12.3. The molecule has 0 heterocycles. The predicted molar refractivity (Wildman–Crippen MR) is 128 cm³/mol. The van der Waals surface area contributed by atoms with Crippen LogP contribution >= 0.6 is 0 Å². The van der Waals surface area contributed by atoms with E-state index in [0.29, 0.717) is 0 Å². The molecule has 0 saturated carbocycles. The standard InChI is InChI=1S/C24H31F2N3O4S/c1-17(2)27-24(31)18(3)28(16-19-10-5-6-11-20(19)25)23(30)14-9-15-29(34(4,32)33)22-13-8-7-12-21(22)26/h5-8,10-13,17-18H,9,14-16H2,1-4H3,(H,27,31)/t18-/m0/s1. The number of para-hydroxylation sites is 1. The van der Waals surface area contributed by atoms with E-state index in [9.17, 15) is 26.8 Å². The van der Waals surface area contributed by atoms with Crippen molar-refractivity contribution in [2.24, 2.45) is 0 Å². The molecule has 1 atom stereocenters. The monoisotopic (exact) mass is 495 g/mol. The molecule has 2 rings (SSSR count). The number of nitrogens with zero attached hydrogens (tertiary/aromatic N) is 2. The van der Waals surface area contributed by atoms with Crippen molar-refractivity contribution in [3.8, 4) is 0 Å². The summed E-state index contributed by atoms with van der Waals surface area (Å²) in [6.07, 6.45) is 0.921. The molecule has 0 aliphatic carbocycles. The zero-order valence-corrected chi connectivity index (χ0v) is 20.6. The lowest BCUT2D eigenvalue weighted by molar-refractivity contribution is -0.140. The molecule has 0 aliphatic heterocycles. The maximum absolute atomic E-state index is 14.3. The van der Waals surface area contributed by atoms with E-state index in [2.05, 4.69) is 5.32 Å². The minimum atomic E-state index is -3.80. The second-order valence-corrected chi connectivity index (χ2v) is 10.2. The molecule has 0 fully saturated rings. The van der Waals surface area contributed by atoms with Crippen LogP contribution in [-0.4, -0.2) is 50.0 Å². The Labute approximate surface area is 199 Å². The first kappa shape index (κ1) is 27.2. The van der Waals surface area contributed by atoms with Crippen molar-refractivity contribution in [3.63, 3.8) is 0 Å². The molecule has 2 amide bonds. The molecule has 1 N–H and O–H groups in total. The minimum absolute atomic E-state index is 0.0759. The van der Waals surface area contributed by atoms with Crippen molar-refractivity contribution in [1.82, 2.24) is 10.2 Å². The molecule has 2 aromatic carbocycles. The van der Waals surface area contributed by atoms with Gasteiger partial charge < -0.3 is 10.2 Å². The zero-order chi connectivity index (χ0) is 25.5. The second kappa shape index (κ2) is 11.9. The molecule has 186 valence electrons. The van der Waals surface area contributed by atoms with E-state index in [1.807, 2.05) is 0 Å². The lowest BCUT2D eigenvalue weighted by atomic mass is 10.1. The first-order valence-electron chi connectivity index (χ1n) is 11.0. The number of hydrogen-bond acceptors (Lipinski definition) is 4. The van der Waals surface area contributed by atoms with Gasteiger partial charge in [0.15, 0.2) is 0 Å². The smallest absolute Gasteiger partial charge is 0.242 e. The highest BCUT2D eigenvalue weighted by atomic mass is 32.2. The van der Waals surface area contributed by atoms with E-state index in [1.54, 1.807) is 26.8 Å². The minimum Gasteiger partial charge on any atom is -0.352 e. The lowest BCUT2D eigenvalue weighted by Crippen LogP contribution is -2.49. The Morgan fingerprint density at radius 1 is 0.971 bits per heavy atom. The number of amides is 2. The summed E-state index contributed by atoms with van der Waals surface area (Å²) in [6, 6.07) is 10.4. The highest BCUT2D eigenvalue weighted by Crippen LogP contribution is 2.22. The molecule has 10 heteroatoms. The van der Waals surface area contributed by atoms with Crippen molar-refractivity contribution in [2.45, 2.75) is 52.2 Å². The van der Waals surface area contributed by atoms with Gasteiger partial charge in [-0.05, 0) is 45.4 Å². The lowest BCUT2D eigenvalue weighted by Gasteiger charge is -2.30. The van der Waals surface area contributed by atoms with Gasteiger partial charge in [0.25, 0.3) is 0 Å². The molecule has 7 nitrogen and oxygen atoms in total. The first-order chi connectivity index (χ1) is 15.9. The molecule has 2 aromatic rings. The van der Waals surface area contributed by atoms with E-state index in [-0.39, 0.29) is 49.1 Å². The average Bonchev–Trinajstić information content (AvgIpc) is 2.75. The van der Waals surface area contributed by atoms with Crippen LogP contribution < -0.4 is 9.62 Å². The summed E-state index contributed by atoms with van der Waals surface area (Å²) in [7, 11) is -3.80. The van der Waals surface area contributed by atoms with Crippen LogP contribution in [0.4, 0.5) is 14.5 Å². The summed E-state index contributed by atoms with van der Waals surface area (Å²) < 4.78 is 53.8. The summed E-state index contributed by atoms with van der Waals surface area (Å²) in [6.45, 7) is 4.87. The highest BCUT2D eigenvalue weighted by molar-refractivity contribution is 7.92. The number of sulfonamides is 1. The topological polar surface area (TPSA) is 86.8 Å². The fourth-order valence-electron chi connectivity index (χ4n) is 3.43. The second-order valence-electron chi connectivity index (χ2n) is 8.34. The average molecular weight is 496 g/mol. The van der Waals surface area contributed by atoms with Crippen LogP contribution in [-0.2, 0) is 26.2 Å². The number of nitrogens with one attached hydrogen (secondary N) is 1. The van der Waals surface area contributed by atoms with Crippen molar-refractivity contribution < 1.29 is 26.8 Å². The van der Waals surface area contributed by atoms with Gasteiger partial charge in [0.05, 0.1) is 11.9 Å². The molecule has 34 heavy (non-hydrogen) atoms. The van der Waals surface area contributed by atoms with Crippen LogP contribution in [0.2, 0.25) is 0 Å². The van der Waals surface area contributed by atoms with E-state index in [0.717, 1.165) is 16.6 Å². The number of benzene rings is 2. The van der Waals surface area contributed by atoms with Gasteiger partial charge in [-0.15, -0.1) is 0 Å². The largest absolute Gasteiger partial charge is 0.352 e. The molecule has 0 saturated heterocycles. The van der Waals surface area contributed by atoms with E-state index < -0.39 is 33.6 Å². The first-order valence-corrected chi connectivity index (χ1v) is 12.8. The number of carbonyl (C=O) groups excluding carboxylic acids is 2. The Morgan fingerprint density at radius 3 is 2.12 bits per heavy atom. The number of halogens is 2. The highest BCUT2D eigenvalue weighted by Gasteiger charge is 2.28. The maximum Gasteiger partial charge on any atom is 0.242 e. The predicted octanol–water partition coefficient (Wildman–Crippen LogP) is 3.45. The quantitative estimate of drug-likeness (QED) is 0.517. The van der Waals surface area contributed by atoms with Gasteiger partial charge in [-0.1, -0.05) is 30.3 Å². The molecule has 0 aromatic heterocycles. The Hall–Kier alpha value is -3.01. The van der Waals surface area contributed by atoms with Crippen molar-refractivity contribution >= 4 is 27.5 Å². The summed E-state index contributed by atoms with van der Waals surface area (Å²) in [5, 5.41) is 2.74. The summed E-state index contributed by atoms with van der Waals surface area (Å²) in [5.74, 6) is -2.03. The Balaban J connectivity index is 2.19. The molecule has 0 radical (unpaired) electrons. The number of carbonyl (C=O) groups is 2. The van der Waals surface area contributed by atoms with Gasteiger partial charge in [0.2, 0.25) is 21.8 Å². The van der Waals surface area contributed by atoms with E-state index in [1.165, 1.54) is 41.3 Å². The summed E-state index contributed by atoms with van der Waals surface area (Å²) in [5.41, 5.74) is 0.148. The fourth-order valence-corrected chi connectivity index (χ4v) is 4.40. The van der Waals surface area contributed by atoms with Crippen molar-refractivity contribution in [3.05, 3.63) is 65.7 Å². The third kappa shape index (κ3) is 7.51. The van der Waals surface area contributed by atoms with Crippen LogP contribution in [0.1, 0.15) is 39.2 Å². The fraction of sp³-hybridized carbons (Fsp3) is 0.417. The van der Waals surface area contributed by atoms with E-state index in [4.69, 9.17) is 0 Å². The molecule has 0 unspecified atom stereocenters. The zero-order valence-electron chi connectivity index (χ0n) is 19.8. The van der Waals surface area contributed by atoms with Gasteiger partial charge in [0, 0.05) is 31.1 Å². The number of hydrogen-bond donors (Lipinski definition) is 1. The third-order valence-electron chi connectivity index (χ3n) is 5.17. The molecular weight excluding hydrogens is 464 g/mol. The maximum atomic E-state index is 14.3. The summed E-state index contributed by atoms with van der Waals surface area (Å²) >= 11 is 0. The van der Waals surface area contributed by atoms with Gasteiger partial charge >= 0.3 is 0 Å². The Morgan fingerprint density at radius 2 is 1.56 bits per heavy atom. The number of rotatable bonds is 11. The summed E-state index contributed by atoms with van der Waals surface area (Å²) in [4.78, 5) is 27.0. The van der Waals surface area contributed by atoms with Crippen LogP contribution in [0.15, 0.2) is 48.5 Å². The molecule has 0 bridgehead atoms. The van der Waals surface area contributed by atoms with Crippen LogP contribution in [0.3, 0.4) is 0 Å².